The average Bonchev–Trinajstić information content (AvgIpc) is 2.88. The molecule has 1 amide bonds. The molecule has 0 radical (unpaired) electrons. The molecule has 3 heterocycles. The van der Waals surface area contributed by atoms with Crippen LogP contribution in [0.4, 0.5) is 0 Å². The summed E-state index contributed by atoms with van der Waals surface area (Å²) in [5.74, 6) is 0.682. The molecule has 0 spiro atoms. The third-order valence-electron chi connectivity index (χ3n) is 7.41. The number of aromatic nitrogens is 1. The highest BCUT2D eigenvalue weighted by molar-refractivity contribution is 5.94. The van der Waals surface area contributed by atoms with Crippen molar-refractivity contribution in [2.45, 2.75) is 77.2 Å². The molecule has 7 nitrogen and oxygen atoms in total. The number of carbonyl (C=O) groups excluding carboxylic acids is 1. The number of likely N-dealkylation sites (tertiary alicyclic amines) is 1. The van der Waals surface area contributed by atoms with E-state index in [4.69, 9.17) is 14.2 Å². The Hall–Kier alpha value is -2.48. The normalized spacial score (nSPS) is 21.4. The first-order chi connectivity index (χ1) is 17.3. The van der Waals surface area contributed by atoms with Crippen LogP contribution in [0.2, 0.25) is 0 Å². The minimum Gasteiger partial charge on any atom is -0.488 e. The summed E-state index contributed by atoms with van der Waals surface area (Å²) in [5.41, 5.74) is 3.79. The van der Waals surface area contributed by atoms with Crippen molar-refractivity contribution in [2.24, 2.45) is 0 Å². The molecule has 2 unspecified atom stereocenters. The molecular weight excluding hydrogens is 454 g/mol. The van der Waals surface area contributed by atoms with Crippen LogP contribution in [-0.4, -0.2) is 67.4 Å². The number of ether oxygens (including phenoxy) is 3. The molecule has 0 saturated carbocycles. The quantitative estimate of drug-likeness (QED) is 0.619. The van der Waals surface area contributed by atoms with Crippen LogP contribution in [0.3, 0.4) is 0 Å². The smallest absolute Gasteiger partial charge is 0.272 e. The molecule has 2 aliphatic rings. The van der Waals surface area contributed by atoms with Gasteiger partial charge in [0.25, 0.3) is 5.91 Å². The van der Waals surface area contributed by atoms with E-state index in [2.05, 4.69) is 55.3 Å². The van der Waals surface area contributed by atoms with Crippen molar-refractivity contribution in [3.63, 3.8) is 0 Å². The van der Waals surface area contributed by atoms with Gasteiger partial charge in [0, 0.05) is 50.7 Å². The predicted molar refractivity (Wildman–Crippen MR) is 141 cm³/mol. The molecule has 2 fully saturated rings. The summed E-state index contributed by atoms with van der Waals surface area (Å²) < 4.78 is 17.2. The lowest BCUT2D eigenvalue weighted by atomic mass is 9.87. The first-order valence-corrected chi connectivity index (χ1v) is 13.1. The number of amides is 1. The SMILES string of the molecule is COC1COCCC1NC1CCN(C(=O)c2nccc(OCc3ccc(C(C)(C)C)cc3)c2C)CC1. The molecule has 2 aromatic rings. The maximum absolute atomic E-state index is 13.3. The van der Waals surface area contributed by atoms with Gasteiger partial charge in [-0.15, -0.1) is 0 Å². The zero-order valence-corrected chi connectivity index (χ0v) is 22.4. The second-order valence-corrected chi connectivity index (χ2v) is 11.0. The summed E-state index contributed by atoms with van der Waals surface area (Å²) >= 11 is 0. The predicted octanol–water partition coefficient (Wildman–Crippen LogP) is 4.26. The van der Waals surface area contributed by atoms with Gasteiger partial charge in [-0.05, 0) is 48.8 Å². The van der Waals surface area contributed by atoms with Crippen molar-refractivity contribution in [3.05, 3.63) is 58.9 Å². The maximum Gasteiger partial charge on any atom is 0.272 e. The lowest BCUT2D eigenvalue weighted by Crippen LogP contribution is -2.54. The fourth-order valence-electron chi connectivity index (χ4n) is 4.99. The largest absolute Gasteiger partial charge is 0.488 e. The molecule has 1 aromatic carbocycles. The minimum atomic E-state index is -0.0215. The van der Waals surface area contributed by atoms with Crippen LogP contribution in [0.25, 0.3) is 0 Å². The Labute approximate surface area is 215 Å². The first kappa shape index (κ1) is 26.6. The van der Waals surface area contributed by atoms with E-state index in [0.29, 0.717) is 49.8 Å². The zero-order valence-electron chi connectivity index (χ0n) is 22.4. The van der Waals surface area contributed by atoms with Crippen LogP contribution in [-0.2, 0) is 21.5 Å². The van der Waals surface area contributed by atoms with E-state index in [-0.39, 0.29) is 17.4 Å². The van der Waals surface area contributed by atoms with E-state index < -0.39 is 0 Å². The Morgan fingerprint density at radius 2 is 1.86 bits per heavy atom. The van der Waals surface area contributed by atoms with Gasteiger partial charge in [-0.3, -0.25) is 9.78 Å². The van der Waals surface area contributed by atoms with Crippen LogP contribution in [0.5, 0.6) is 5.75 Å². The fourth-order valence-corrected chi connectivity index (χ4v) is 4.99. The Kier molecular flexibility index (Phi) is 8.65. The van der Waals surface area contributed by atoms with Crippen molar-refractivity contribution in [3.8, 4) is 5.75 Å². The number of pyridine rings is 1. The van der Waals surface area contributed by atoms with Gasteiger partial charge in [-0.1, -0.05) is 45.0 Å². The summed E-state index contributed by atoms with van der Waals surface area (Å²) in [6.07, 6.45) is 4.54. The highest BCUT2D eigenvalue weighted by Crippen LogP contribution is 2.25. The van der Waals surface area contributed by atoms with Crippen molar-refractivity contribution >= 4 is 5.91 Å². The van der Waals surface area contributed by atoms with Crippen molar-refractivity contribution < 1.29 is 19.0 Å². The van der Waals surface area contributed by atoms with Gasteiger partial charge in [-0.2, -0.15) is 0 Å². The van der Waals surface area contributed by atoms with Gasteiger partial charge in [-0.25, -0.2) is 0 Å². The molecule has 0 bridgehead atoms. The first-order valence-electron chi connectivity index (χ1n) is 13.1. The lowest BCUT2D eigenvalue weighted by molar-refractivity contribution is -0.0533. The second-order valence-electron chi connectivity index (χ2n) is 11.0. The fraction of sp³-hybridized carbons (Fsp3) is 0.586. The Bertz CT molecular complexity index is 1010. The third kappa shape index (κ3) is 6.44. The number of nitrogens with zero attached hydrogens (tertiary/aromatic N) is 2. The molecule has 36 heavy (non-hydrogen) atoms. The lowest BCUT2D eigenvalue weighted by Gasteiger charge is -2.38. The molecule has 7 heteroatoms. The van der Waals surface area contributed by atoms with Crippen molar-refractivity contribution in [1.82, 2.24) is 15.2 Å². The Balaban J connectivity index is 1.32. The minimum absolute atomic E-state index is 0.0215. The van der Waals surface area contributed by atoms with Gasteiger partial charge in [0.05, 0.1) is 12.7 Å². The van der Waals surface area contributed by atoms with Gasteiger partial charge >= 0.3 is 0 Å². The van der Waals surface area contributed by atoms with Gasteiger partial charge in [0.2, 0.25) is 0 Å². The van der Waals surface area contributed by atoms with Crippen LogP contribution < -0.4 is 10.1 Å². The van der Waals surface area contributed by atoms with E-state index >= 15 is 0 Å². The molecule has 1 N–H and O–H groups in total. The average molecular weight is 496 g/mol. The highest BCUT2D eigenvalue weighted by atomic mass is 16.5. The number of methoxy groups -OCH3 is 1. The molecule has 2 atom stereocenters. The number of benzene rings is 1. The molecule has 2 saturated heterocycles. The number of rotatable bonds is 7. The van der Waals surface area contributed by atoms with E-state index in [0.717, 1.165) is 37.0 Å². The highest BCUT2D eigenvalue weighted by Gasteiger charge is 2.31. The number of carbonyl (C=O) groups is 1. The van der Waals surface area contributed by atoms with E-state index in [1.807, 2.05) is 17.9 Å². The number of hydrogen-bond donors (Lipinski definition) is 1. The van der Waals surface area contributed by atoms with E-state index in [1.165, 1.54) is 5.56 Å². The van der Waals surface area contributed by atoms with Crippen LogP contribution in [0, 0.1) is 6.92 Å². The van der Waals surface area contributed by atoms with Crippen molar-refractivity contribution in [1.29, 1.82) is 0 Å². The summed E-state index contributed by atoms with van der Waals surface area (Å²) in [7, 11) is 1.74. The summed E-state index contributed by atoms with van der Waals surface area (Å²) in [6.45, 7) is 11.8. The topological polar surface area (TPSA) is 72.9 Å². The second kappa shape index (κ2) is 11.7. The standard InChI is InChI=1S/C29H41N3O4/c1-20-25(36-18-21-6-8-22(9-7-21)29(2,3)4)10-14-30-27(20)28(33)32-15-11-23(12-16-32)31-24-13-17-35-19-26(24)34-5/h6-10,14,23-24,26,31H,11-13,15-19H2,1-5H3. The zero-order chi connectivity index (χ0) is 25.7. The van der Waals surface area contributed by atoms with Crippen molar-refractivity contribution in [2.75, 3.05) is 33.4 Å². The number of nitrogens with one attached hydrogen (secondary N) is 1. The summed E-state index contributed by atoms with van der Waals surface area (Å²) in [4.78, 5) is 19.7. The monoisotopic (exact) mass is 495 g/mol. The molecule has 196 valence electrons. The van der Waals surface area contributed by atoms with E-state index in [1.54, 1.807) is 13.3 Å². The molecule has 0 aliphatic carbocycles. The van der Waals surface area contributed by atoms with Crippen LogP contribution in [0.1, 0.15) is 67.2 Å². The number of hydrogen-bond acceptors (Lipinski definition) is 6. The van der Waals surface area contributed by atoms with E-state index in [9.17, 15) is 4.79 Å². The van der Waals surface area contributed by atoms with Crippen LogP contribution >= 0.6 is 0 Å². The molecule has 1 aromatic heterocycles. The summed E-state index contributed by atoms with van der Waals surface area (Å²) in [6, 6.07) is 11.0. The molecular formula is C29H41N3O4. The van der Waals surface area contributed by atoms with Gasteiger partial charge < -0.3 is 24.4 Å². The Morgan fingerprint density at radius 3 is 2.53 bits per heavy atom. The summed E-state index contributed by atoms with van der Waals surface area (Å²) in [5, 5.41) is 3.74. The Morgan fingerprint density at radius 1 is 1.14 bits per heavy atom. The maximum atomic E-state index is 13.3. The van der Waals surface area contributed by atoms with Gasteiger partial charge in [0.15, 0.2) is 0 Å². The van der Waals surface area contributed by atoms with Crippen LogP contribution in [0.15, 0.2) is 36.5 Å². The third-order valence-corrected chi connectivity index (χ3v) is 7.41. The molecule has 4 rings (SSSR count). The van der Waals surface area contributed by atoms with Gasteiger partial charge in [0.1, 0.15) is 18.1 Å². The molecule has 2 aliphatic heterocycles. The number of piperidine rings is 1.